The van der Waals surface area contributed by atoms with Gasteiger partial charge in [0.2, 0.25) is 11.8 Å². The fourth-order valence-corrected chi connectivity index (χ4v) is 3.26. The zero-order valence-electron chi connectivity index (χ0n) is 15.7. The Labute approximate surface area is 158 Å². The van der Waals surface area contributed by atoms with E-state index in [0.29, 0.717) is 13.1 Å². The number of hydrogen-bond acceptors (Lipinski definition) is 4. The molecule has 1 aromatic carbocycles. The normalized spacial score (nSPS) is 10.8. The van der Waals surface area contributed by atoms with Gasteiger partial charge in [0, 0.05) is 37.1 Å². The van der Waals surface area contributed by atoms with E-state index in [-0.39, 0.29) is 23.5 Å². The minimum absolute atomic E-state index is 0.0101. The van der Waals surface area contributed by atoms with Gasteiger partial charge in [-0.2, -0.15) is 0 Å². The summed E-state index contributed by atoms with van der Waals surface area (Å²) in [6, 6.07) is 6.31. The van der Waals surface area contributed by atoms with Gasteiger partial charge in [-0.05, 0) is 37.1 Å². The van der Waals surface area contributed by atoms with Crippen LogP contribution in [0.1, 0.15) is 25.0 Å². The van der Waals surface area contributed by atoms with E-state index in [2.05, 4.69) is 47.7 Å². The Bertz CT molecular complexity index is 750. The highest BCUT2D eigenvalue weighted by Crippen LogP contribution is 2.21. The maximum Gasteiger partial charge on any atom is 0.230 e. The van der Waals surface area contributed by atoms with Crippen LogP contribution < -0.4 is 10.6 Å². The fraction of sp³-hybridized carbons (Fsp3) is 0.421. The number of thioether (sulfide) groups is 1. The van der Waals surface area contributed by atoms with E-state index in [1.165, 1.54) is 22.9 Å². The summed E-state index contributed by atoms with van der Waals surface area (Å²) in [5.41, 5.74) is 3.41. The van der Waals surface area contributed by atoms with Crippen LogP contribution in [0.25, 0.3) is 5.69 Å². The molecule has 1 aromatic heterocycles. The first-order valence-corrected chi connectivity index (χ1v) is 9.64. The van der Waals surface area contributed by atoms with Crippen LogP contribution in [0.5, 0.6) is 0 Å². The predicted molar refractivity (Wildman–Crippen MR) is 105 cm³/mol. The van der Waals surface area contributed by atoms with Crippen molar-refractivity contribution in [3.8, 4) is 5.69 Å². The second kappa shape index (κ2) is 9.43. The van der Waals surface area contributed by atoms with Crippen LogP contribution in [-0.2, 0) is 9.59 Å². The van der Waals surface area contributed by atoms with Crippen LogP contribution in [0.15, 0.2) is 35.7 Å². The van der Waals surface area contributed by atoms with Crippen molar-refractivity contribution in [1.29, 1.82) is 0 Å². The van der Waals surface area contributed by atoms with Crippen LogP contribution in [0.2, 0.25) is 0 Å². The standard InChI is InChI=1S/C19H26N4O2S/c1-13(2)18(25)21-6-5-20-17(24)12-26-19-22-7-8-23(19)16-10-14(3)9-15(4)11-16/h7-11,13H,5-6,12H2,1-4H3,(H,20,24)(H,21,25). The molecule has 0 bridgehead atoms. The highest BCUT2D eigenvalue weighted by molar-refractivity contribution is 7.99. The van der Waals surface area contributed by atoms with E-state index >= 15 is 0 Å². The molecule has 0 unspecified atom stereocenters. The molecule has 0 aliphatic heterocycles. The maximum absolute atomic E-state index is 12.0. The van der Waals surface area contributed by atoms with Crippen molar-refractivity contribution in [2.45, 2.75) is 32.9 Å². The number of aromatic nitrogens is 2. The number of nitrogens with zero attached hydrogens (tertiary/aromatic N) is 2. The fourth-order valence-electron chi connectivity index (χ4n) is 2.46. The van der Waals surface area contributed by atoms with Crippen molar-refractivity contribution in [3.63, 3.8) is 0 Å². The molecule has 0 aliphatic carbocycles. The van der Waals surface area contributed by atoms with Crippen molar-refractivity contribution in [2.75, 3.05) is 18.8 Å². The number of nitrogens with one attached hydrogen (secondary N) is 2. The summed E-state index contributed by atoms with van der Waals surface area (Å²) in [7, 11) is 0. The molecule has 0 atom stereocenters. The van der Waals surface area contributed by atoms with Gasteiger partial charge in [-0.3, -0.25) is 14.2 Å². The minimum Gasteiger partial charge on any atom is -0.354 e. The number of aryl methyl sites for hydroxylation is 2. The second-order valence-electron chi connectivity index (χ2n) is 6.51. The third-order valence-corrected chi connectivity index (χ3v) is 4.66. The number of rotatable bonds is 8. The molecule has 2 aromatic rings. The molecule has 0 spiro atoms. The van der Waals surface area contributed by atoms with Gasteiger partial charge in [-0.15, -0.1) is 0 Å². The van der Waals surface area contributed by atoms with Crippen LogP contribution in [0.3, 0.4) is 0 Å². The molecule has 0 saturated heterocycles. The molecular formula is C19H26N4O2S. The van der Waals surface area contributed by atoms with E-state index in [1.54, 1.807) is 6.20 Å². The molecule has 0 radical (unpaired) electrons. The number of hydrogen-bond donors (Lipinski definition) is 2. The van der Waals surface area contributed by atoms with Crippen LogP contribution in [0.4, 0.5) is 0 Å². The van der Waals surface area contributed by atoms with Gasteiger partial charge in [0.05, 0.1) is 5.75 Å². The highest BCUT2D eigenvalue weighted by Gasteiger charge is 2.10. The van der Waals surface area contributed by atoms with Crippen LogP contribution in [0, 0.1) is 19.8 Å². The van der Waals surface area contributed by atoms with Gasteiger partial charge in [0.15, 0.2) is 5.16 Å². The molecule has 2 amide bonds. The second-order valence-corrected chi connectivity index (χ2v) is 7.45. The highest BCUT2D eigenvalue weighted by atomic mass is 32.2. The van der Waals surface area contributed by atoms with Crippen molar-refractivity contribution in [1.82, 2.24) is 20.2 Å². The Morgan fingerprint density at radius 1 is 1.12 bits per heavy atom. The van der Waals surface area contributed by atoms with Crippen molar-refractivity contribution < 1.29 is 9.59 Å². The Morgan fingerprint density at radius 2 is 1.77 bits per heavy atom. The van der Waals surface area contributed by atoms with Gasteiger partial charge >= 0.3 is 0 Å². The maximum atomic E-state index is 12.0. The van der Waals surface area contributed by atoms with Gasteiger partial charge in [0.1, 0.15) is 0 Å². The van der Waals surface area contributed by atoms with E-state index in [0.717, 1.165) is 10.8 Å². The lowest BCUT2D eigenvalue weighted by molar-refractivity contribution is -0.124. The minimum atomic E-state index is -0.0798. The van der Waals surface area contributed by atoms with Gasteiger partial charge in [-0.25, -0.2) is 4.98 Å². The third kappa shape index (κ3) is 5.91. The lowest BCUT2D eigenvalue weighted by Crippen LogP contribution is -2.37. The van der Waals surface area contributed by atoms with Crippen molar-refractivity contribution in [2.24, 2.45) is 5.92 Å². The van der Waals surface area contributed by atoms with E-state index < -0.39 is 0 Å². The first-order chi connectivity index (χ1) is 12.4. The summed E-state index contributed by atoms with van der Waals surface area (Å²) in [4.78, 5) is 27.8. The summed E-state index contributed by atoms with van der Waals surface area (Å²) in [6.07, 6.45) is 3.63. The summed E-state index contributed by atoms with van der Waals surface area (Å²) in [6.45, 7) is 8.65. The van der Waals surface area contributed by atoms with Gasteiger partial charge in [-0.1, -0.05) is 31.7 Å². The monoisotopic (exact) mass is 374 g/mol. The average molecular weight is 375 g/mol. The summed E-state index contributed by atoms with van der Waals surface area (Å²) in [5, 5.41) is 6.35. The summed E-state index contributed by atoms with van der Waals surface area (Å²) < 4.78 is 1.99. The number of carbonyl (C=O) groups excluding carboxylic acids is 2. The molecule has 7 heteroatoms. The Morgan fingerprint density at radius 3 is 2.42 bits per heavy atom. The van der Waals surface area contributed by atoms with Gasteiger partial charge < -0.3 is 10.6 Å². The first kappa shape index (κ1) is 20.0. The molecule has 0 saturated carbocycles. The zero-order valence-corrected chi connectivity index (χ0v) is 16.5. The topological polar surface area (TPSA) is 76.0 Å². The molecule has 1 heterocycles. The van der Waals surface area contributed by atoms with Crippen LogP contribution >= 0.6 is 11.8 Å². The molecule has 2 rings (SSSR count). The molecule has 6 nitrogen and oxygen atoms in total. The predicted octanol–water partition coefficient (Wildman–Crippen LogP) is 2.47. The molecule has 0 fully saturated rings. The smallest absolute Gasteiger partial charge is 0.230 e. The Hall–Kier alpha value is -2.28. The molecule has 2 N–H and O–H groups in total. The first-order valence-electron chi connectivity index (χ1n) is 8.66. The molecule has 140 valence electrons. The zero-order chi connectivity index (χ0) is 19.1. The molecule has 0 aliphatic rings. The third-order valence-electron chi connectivity index (χ3n) is 3.69. The van der Waals surface area contributed by atoms with Crippen molar-refractivity contribution in [3.05, 3.63) is 41.7 Å². The lowest BCUT2D eigenvalue weighted by atomic mass is 10.1. The van der Waals surface area contributed by atoms with Gasteiger partial charge in [0.25, 0.3) is 0 Å². The van der Waals surface area contributed by atoms with E-state index in [1.807, 2.05) is 24.6 Å². The van der Waals surface area contributed by atoms with Crippen LogP contribution in [-0.4, -0.2) is 40.2 Å². The summed E-state index contributed by atoms with van der Waals surface area (Å²) in [5.74, 6) is 0.137. The van der Waals surface area contributed by atoms with E-state index in [4.69, 9.17) is 0 Å². The number of imidazole rings is 1. The molecule has 26 heavy (non-hydrogen) atoms. The SMILES string of the molecule is Cc1cc(C)cc(-n2ccnc2SCC(=O)NCCNC(=O)C(C)C)c1. The Kier molecular flexibility index (Phi) is 7.26. The number of benzene rings is 1. The molecular weight excluding hydrogens is 348 g/mol. The largest absolute Gasteiger partial charge is 0.354 e. The lowest BCUT2D eigenvalue weighted by Gasteiger charge is -2.10. The average Bonchev–Trinajstić information content (AvgIpc) is 3.04. The quantitative estimate of drug-likeness (QED) is 0.550. The number of carbonyl (C=O) groups is 2. The Balaban J connectivity index is 1.84. The summed E-state index contributed by atoms with van der Waals surface area (Å²) >= 11 is 1.39. The van der Waals surface area contributed by atoms with Crippen molar-refractivity contribution >= 4 is 23.6 Å². The van der Waals surface area contributed by atoms with E-state index in [9.17, 15) is 9.59 Å². The number of amides is 2.